The van der Waals surface area contributed by atoms with E-state index in [2.05, 4.69) is 118 Å². The van der Waals surface area contributed by atoms with E-state index in [-0.39, 0.29) is 25.9 Å². The molecule has 1 rings (SSSR count). The number of carboxylic acids is 1. The Kier molecular flexibility index (Phi) is 44.4. The maximum Gasteiger partial charge on any atom is 0.335 e. The van der Waals surface area contributed by atoms with Crippen LogP contribution >= 0.6 is 0 Å². The summed E-state index contributed by atoms with van der Waals surface area (Å²) in [6.07, 6.45) is 51.0. The number of hydrogen-bond donors (Lipinski definition) is 3. The van der Waals surface area contributed by atoms with Crippen LogP contribution in [0.5, 0.6) is 0 Å². The molecule has 0 saturated carbocycles. The van der Waals surface area contributed by atoms with Crippen molar-refractivity contribution in [2.45, 2.75) is 250 Å². The molecule has 3 N–H and O–H groups in total. The van der Waals surface area contributed by atoms with Crippen molar-refractivity contribution in [3.8, 4) is 0 Å². The first-order chi connectivity index (χ1) is 35.6. The number of carboxylic acid groups (broad SMARTS) is 1. The van der Waals surface area contributed by atoms with Crippen LogP contribution in [0.15, 0.2) is 97.2 Å². The third-order valence-corrected chi connectivity index (χ3v) is 12.1. The first kappa shape index (κ1) is 66.7. The predicted octanol–water partition coefficient (Wildman–Crippen LogP) is 14.1. The summed E-state index contributed by atoms with van der Waals surface area (Å²) in [5, 5.41) is 31.4. The van der Waals surface area contributed by atoms with E-state index < -0.39 is 67.3 Å². The lowest BCUT2D eigenvalue weighted by Gasteiger charge is -2.40. The van der Waals surface area contributed by atoms with Gasteiger partial charge in [0.05, 0.1) is 6.61 Å². The molecule has 414 valence electrons. The third kappa shape index (κ3) is 38.8. The van der Waals surface area contributed by atoms with Crippen LogP contribution in [0.4, 0.5) is 0 Å². The Bertz CT molecular complexity index is 1640. The molecule has 0 bridgehead atoms. The van der Waals surface area contributed by atoms with Gasteiger partial charge in [0.2, 0.25) is 0 Å². The molecule has 0 amide bonds. The van der Waals surface area contributed by atoms with E-state index in [1.54, 1.807) is 0 Å². The second-order valence-corrected chi connectivity index (χ2v) is 18.8. The lowest BCUT2D eigenvalue weighted by atomic mass is 9.98. The van der Waals surface area contributed by atoms with E-state index in [0.717, 1.165) is 154 Å². The fourth-order valence-corrected chi connectivity index (χ4v) is 7.84. The molecule has 1 saturated heterocycles. The highest BCUT2D eigenvalue weighted by atomic mass is 16.7. The quantitative estimate of drug-likeness (QED) is 0.0228. The Morgan fingerprint density at radius 3 is 1.33 bits per heavy atom. The van der Waals surface area contributed by atoms with Crippen LogP contribution in [0.25, 0.3) is 0 Å². The number of esters is 3. The van der Waals surface area contributed by atoms with E-state index >= 15 is 0 Å². The van der Waals surface area contributed by atoms with Crippen molar-refractivity contribution in [3.63, 3.8) is 0 Å². The number of carbonyl (C=O) groups excluding carboxylic acids is 3. The molecule has 6 unspecified atom stereocenters. The van der Waals surface area contributed by atoms with Crippen molar-refractivity contribution in [1.82, 2.24) is 0 Å². The largest absolute Gasteiger partial charge is 0.479 e. The number of hydrogen-bond acceptors (Lipinski definition) is 11. The second-order valence-electron chi connectivity index (χ2n) is 18.8. The van der Waals surface area contributed by atoms with Gasteiger partial charge in [0.25, 0.3) is 0 Å². The zero-order valence-corrected chi connectivity index (χ0v) is 45.3. The van der Waals surface area contributed by atoms with Crippen molar-refractivity contribution < 1.29 is 58.2 Å². The molecule has 73 heavy (non-hydrogen) atoms. The highest BCUT2D eigenvalue weighted by Crippen LogP contribution is 2.26. The highest BCUT2D eigenvalue weighted by molar-refractivity contribution is 5.74. The number of rotatable bonds is 46. The molecular formula is C61H98O12. The van der Waals surface area contributed by atoms with Gasteiger partial charge in [-0.1, -0.05) is 182 Å². The average Bonchev–Trinajstić information content (AvgIpc) is 3.37. The van der Waals surface area contributed by atoms with Gasteiger partial charge in [-0.15, -0.1) is 0 Å². The first-order valence-corrected chi connectivity index (χ1v) is 28.2. The summed E-state index contributed by atoms with van der Waals surface area (Å²) < 4.78 is 28.3. The molecule has 0 aromatic heterocycles. The molecule has 0 spiro atoms. The van der Waals surface area contributed by atoms with Crippen molar-refractivity contribution in [2.75, 3.05) is 13.2 Å². The normalized spacial score (nSPS) is 19.1. The van der Waals surface area contributed by atoms with E-state index in [1.165, 1.54) is 0 Å². The molecular weight excluding hydrogens is 925 g/mol. The molecule has 1 aliphatic rings. The van der Waals surface area contributed by atoms with Crippen molar-refractivity contribution in [3.05, 3.63) is 97.2 Å². The van der Waals surface area contributed by atoms with Crippen LogP contribution < -0.4 is 0 Å². The maximum absolute atomic E-state index is 13.1. The van der Waals surface area contributed by atoms with E-state index in [9.17, 15) is 34.5 Å². The topological polar surface area (TPSA) is 175 Å². The summed E-state index contributed by atoms with van der Waals surface area (Å²) in [6, 6.07) is 0. The molecule has 0 aromatic rings. The highest BCUT2D eigenvalue weighted by Gasteiger charge is 2.50. The molecule has 6 atom stereocenters. The van der Waals surface area contributed by atoms with Crippen LogP contribution in [0.2, 0.25) is 0 Å². The number of aliphatic hydroxyl groups is 2. The average molecular weight is 1020 g/mol. The Morgan fingerprint density at radius 2 is 0.863 bits per heavy atom. The number of allylic oxidation sites excluding steroid dienone is 16. The van der Waals surface area contributed by atoms with Crippen molar-refractivity contribution in [1.29, 1.82) is 0 Å². The zero-order valence-electron chi connectivity index (χ0n) is 45.3. The van der Waals surface area contributed by atoms with E-state index in [0.29, 0.717) is 19.3 Å². The number of aliphatic carboxylic acids is 1. The minimum absolute atomic E-state index is 0.0402. The first-order valence-electron chi connectivity index (χ1n) is 28.2. The lowest BCUT2D eigenvalue weighted by Crippen LogP contribution is -2.61. The molecule has 0 aliphatic carbocycles. The molecule has 12 heteroatoms. The minimum atomic E-state index is -1.92. The van der Waals surface area contributed by atoms with Gasteiger partial charge in [-0.05, 0) is 109 Å². The van der Waals surface area contributed by atoms with Crippen LogP contribution in [-0.4, -0.2) is 89.2 Å². The second kappa shape index (κ2) is 48.6. The number of carbonyl (C=O) groups is 4. The van der Waals surface area contributed by atoms with Gasteiger partial charge in [0, 0.05) is 19.3 Å². The minimum Gasteiger partial charge on any atom is -0.479 e. The monoisotopic (exact) mass is 1020 g/mol. The lowest BCUT2D eigenvalue weighted by molar-refractivity contribution is -0.301. The van der Waals surface area contributed by atoms with Crippen LogP contribution in [0.3, 0.4) is 0 Å². The van der Waals surface area contributed by atoms with E-state index in [4.69, 9.17) is 23.7 Å². The Balaban J connectivity index is 2.73. The summed E-state index contributed by atoms with van der Waals surface area (Å²) in [5.41, 5.74) is 0. The molecule has 0 radical (unpaired) electrons. The molecule has 12 nitrogen and oxygen atoms in total. The smallest absolute Gasteiger partial charge is 0.335 e. The molecule has 1 fully saturated rings. The summed E-state index contributed by atoms with van der Waals surface area (Å²) in [5.74, 6) is -3.20. The Morgan fingerprint density at radius 1 is 0.466 bits per heavy atom. The summed E-state index contributed by atoms with van der Waals surface area (Å²) in [6.45, 7) is 5.64. The van der Waals surface area contributed by atoms with Gasteiger partial charge >= 0.3 is 23.9 Å². The van der Waals surface area contributed by atoms with E-state index in [1.807, 2.05) is 0 Å². The third-order valence-electron chi connectivity index (χ3n) is 12.1. The Hall–Kier alpha value is -4.36. The van der Waals surface area contributed by atoms with Gasteiger partial charge in [-0.3, -0.25) is 14.4 Å². The fraction of sp³-hybridized carbons (Fsp3) is 0.672. The fourth-order valence-electron chi connectivity index (χ4n) is 7.84. The SMILES string of the molecule is CC/C=C\C/C=C\C/C=C\CCCCCCCCCC(=O)OC1C(OCC(COC(=O)CCCCC/C=C\C/C=C\C/C=C\CC)OC(=O)CCCCCCC/C=C\C/C=C\CCC)OC(C(=O)O)C(O)C1O. The molecule has 1 heterocycles. The molecule has 1 aliphatic heterocycles. The van der Waals surface area contributed by atoms with Gasteiger partial charge in [0.15, 0.2) is 24.6 Å². The van der Waals surface area contributed by atoms with Gasteiger partial charge in [-0.25, -0.2) is 4.79 Å². The zero-order chi connectivity index (χ0) is 53.3. The van der Waals surface area contributed by atoms with Crippen molar-refractivity contribution >= 4 is 23.9 Å². The molecule has 0 aromatic carbocycles. The Labute approximate surface area is 441 Å². The maximum atomic E-state index is 13.1. The summed E-state index contributed by atoms with van der Waals surface area (Å²) in [7, 11) is 0. The van der Waals surface area contributed by atoms with Gasteiger partial charge in [-0.2, -0.15) is 0 Å². The van der Waals surface area contributed by atoms with Crippen LogP contribution in [-0.2, 0) is 42.9 Å². The predicted molar refractivity (Wildman–Crippen MR) is 294 cm³/mol. The number of unbranched alkanes of at least 4 members (excludes halogenated alkanes) is 16. The summed E-state index contributed by atoms with van der Waals surface area (Å²) in [4.78, 5) is 51.0. The van der Waals surface area contributed by atoms with Gasteiger partial charge in [0.1, 0.15) is 18.8 Å². The van der Waals surface area contributed by atoms with Crippen LogP contribution in [0.1, 0.15) is 213 Å². The standard InChI is InChI=1S/C61H98O12/c1-4-7-10-13-16-19-22-25-26-27-28-31-34-37-40-43-46-49-55(64)72-59-57(66)56(65)58(60(67)68)73-61(59)70-51-52(71-54(63)48-45-42-39-36-33-30-24-21-18-15-12-9-6-3)50-69-53(62)47-44-41-38-35-32-29-23-20-17-14-11-8-5-2/h7-8,10-12,15-17,19-21,24-26,29,32,52,56-59,61,65-66H,4-6,9,13-14,18,22-23,27-28,30-31,33-51H2,1-3H3,(H,67,68)/b10-7-,11-8-,15-12-,19-16-,20-17-,24-21-,26-25-,32-29-. The number of aliphatic hydroxyl groups excluding tert-OH is 2. The summed E-state index contributed by atoms with van der Waals surface area (Å²) >= 11 is 0. The van der Waals surface area contributed by atoms with Crippen molar-refractivity contribution in [2.24, 2.45) is 0 Å². The van der Waals surface area contributed by atoms with Crippen LogP contribution in [0, 0.1) is 0 Å². The van der Waals surface area contributed by atoms with Gasteiger partial charge < -0.3 is 39.0 Å². The number of ether oxygens (including phenoxy) is 5.